The van der Waals surface area contributed by atoms with E-state index in [1.54, 1.807) is 11.0 Å². The van der Waals surface area contributed by atoms with Crippen LogP contribution in [0.2, 0.25) is 0 Å². The Balaban J connectivity index is 1.38. The van der Waals surface area contributed by atoms with Gasteiger partial charge in [0.1, 0.15) is 11.6 Å². The minimum atomic E-state index is -1.04. The molecule has 0 aromatic rings. The second-order valence-electron chi connectivity index (χ2n) is 13.3. The van der Waals surface area contributed by atoms with Crippen molar-refractivity contribution in [1.29, 1.82) is 0 Å². The minimum absolute atomic E-state index is 0.0219. The molecule has 4 fully saturated rings. The molecule has 0 spiro atoms. The van der Waals surface area contributed by atoms with E-state index in [0.29, 0.717) is 18.9 Å². The van der Waals surface area contributed by atoms with Crippen molar-refractivity contribution in [3.63, 3.8) is 0 Å². The number of hydrogen-bond acceptors (Lipinski definition) is 6. The number of fused-ring (bicyclic) bond motifs is 1. The standard InChI is InChI=1S/C31H47N3O6/c1-6-7-13-22(26(36)28(38)32-17-14-23(35)40-31(5)15-16-31)33-27(37)25-24-21(30(24,3)4)18-34(25)29(39)19(2)20-11-9-8-10-12-20/h6,19-22,24-25H,1,7-18H2,2-5H3,(H,32,38)(H,33,37)/t19-,21-,22-,24-,25-/m0/s1. The monoisotopic (exact) mass is 557 g/mol. The van der Waals surface area contributed by atoms with Crippen LogP contribution in [-0.4, -0.2) is 65.1 Å². The first-order chi connectivity index (χ1) is 18.9. The van der Waals surface area contributed by atoms with Gasteiger partial charge in [0, 0.05) is 19.0 Å². The first-order valence-corrected chi connectivity index (χ1v) is 15.2. The largest absolute Gasteiger partial charge is 0.459 e. The van der Waals surface area contributed by atoms with Gasteiger partial charge in [-0.3, -0.25) is 24.0 Å². The topological polar surface area (TPSA) is 122 Å². The van der Waals surface area contributed by atoms with E-state index >= 15 is 0 Å². The highest BCUT2D eigenvalue weighted by molar-refractivity contribution is 6.38. The van der Waals surface area contributed by atoms with Crippen LogP contribution >= 0.6 is 0 Å². The van der Waals surface area contributed by atoms with Crippen molar-refractivity contribution in [3.05, 3.63) is 12.7 Å². The van der Waals surface area contributed by atoms with Crippen LogP contribution in [0.4, 0.5) is 0 Å². The molecule has 5 atom stereocenters. The molecule has 3 aliphatic carbocycles. The summed E-state index contributed by atoms with van der Waals surface area (Å²) in [7, 11) is 0. The number of carbonyl (C=O) groups is 5. The first kappa shape index (κ1) is 30.3. The van der Waals surface area contributed by atoms with Gasteiger partial charge in [-0.1, -0.05) is 46.1 Å². The molecular formula is C31H47N3O6. The lowest BCUT2D eigenvalue weighted by Gasteiger charge is -2.35. The van der Waals surface area contributed by atoms with Gasteiger partial charge < -0.3 is 20.3 Å². The lowest BCUT2D eigenvalue weighted by atomic mass is 9.80. The summed E-state index contributed by atoms with van der Waals surface area (Å²) in [5, 5.41) is 5.33. The van der Waals surface area contributed by atoms with Crippen molar-refractivity contribution in [2.75, 3.05) is 13.1 Å². The number of esters is 1. The Morgan fingerprint density at radius 1 is 1.07 bits per heavy atom. The van der Waals surface area contributed by atoms with E-state index in [4.69, 9.17) is 4.74 Å². The molecule has 222 valence electrons. The molecule has 1 heterocycles. The number of ether oxygens (including phenoxy) is 1. The van der Waals surface area contributed by atoms with Crippen molar-refractivity contribution in [2.24, 2.45) is 29.1 Å². The summed E-state index contributed by atoms with van der Waals surface area (Å²) in [5.74, 6) is -1.93. The Kier molecular flexibility index (Phi) is 9.10. The summed E-state index contributed by atoms with van der Waals surface area (Å²) in [6, 6.07) is -1.70. The average molecular weight is 558 g/mol. The summed E-state index contributed by atoms with van der Waals surface area (Å²) in [4.78, 5) is 66.9. The normalized spacial score (nSPS) is 27.5. The Bertz CT molecular complexity index is 1030. The molecule has 3 amide bonds. The molecule has 9 nitrogen and oxygen atoms in total. The van der Waals surface area contributed by atoms with Gasteiger partial charge in [0.2, 0.25) is 17.6 Å². The highest BCUT2D eigenvalue weighted by atomic mass is 16.6. The van der Waals surface area contributed by atoms with E-state index in [0.717, 1.165) is 38.5 Å². The summed E-state index contributed by atoms with van der Waals surface area (Å²) < 4.78 is 5.34. The van der Waals surface area contributed by atoms with Gasteiger partial charge in [0.05, 0.1) is 12.5 Å². The maximum absolute atomic E-state index is 13.8. The molecule has 1 aliphatic heterocycles. The Labute approximate surface area is 238 Å². The number of nitrogens with one attached hydrogen (secondary N) is 2. The van der Waals surface area contributed by atoms with Crippen LogP contribution in [0.25, 0.3) is 0 Å². The highest BCUT2D eigenvalue weighted by Crippen LogP contribution is 2.65. The molecule has 0 aromatic carbocycles. The molecule has 3 saturated carbocycles. The number of carbonyl (C=O) groups excluding carboxylic acids is 5. The van der Waals surface area contributed by atoms with Crippen LogP contribution in [-0.2, 0) is 28.7 Å². The first-order valence-electron chi connectivity index (χ1n) is 15.2. The summed E-state index contributed by atoms with van der Waals surface area (Å²) in [5.41, 5.74) is -0.452. The molecule has 9 heteroatoms. The molecule has 0 aromatic heterocycles. The van der Waals surface area contributed by atoms with E-state index in [9.17, 15) is 24.0 Å². The number of nitrogens with zero attached hydrogens (tertiary/aromatic N) is 1. The van der Waals surface area contributed by atoms with Crippen molar-refractivity contribution in [1.82, 2.24) is 15.5 Å². The van der Waals surface area contributed by atoms with Gasteiger partial charge in [0.15, 0.2) is 0 Å². The smallest absolute Gasteiger partial charge is 0.308 e. The Morgan fingerprint density at radius 3 is 2.38 bits per heavy atom. The molecule has 2 N–H and O–H groups in total. The third kappa shape index (κ3) is 6.60. The lowest BCUT2D eigenvalue weighted by molar-refractivity contribution is -0.150. The molecular weight excluding hydrogens is 510 g/mol. The van der Waals surface area contributed by atoms with Crippen LogP contribution in [0.3, 0.4) is 0 Å². The lowest BCUT2D eigenvalue weighted by Crippen LogP contribution is -2.56. The van der Waals surface area contributed by atoms with Gasteiger partial charge in [-0.05, 0) is 68.6 Å². The van der Waals surface area contributed by atoms with E-state index in [-0.39, 0.29) is 54.4 Å². The second-order valence-corrected chi connectivity index (χ2v) is 13.3. The number of Topliss-reactive ketones (excluding diaryl/α,β-unsaturated/α-hetero) is 1. The third-order valence-corrected chi connectivity index (χ3v) is 9.95. The molecule has 4 rings (SSSR count). The number of hydrogen-bond donors (Lipinski definition) is 2. The van der Waals surface area contributed by atoms with Crippen molar-refractivity contribution in [2.45, 2.75) is 110 Å². The molecule has 40 heavy (non-hydrogen) atoms. The second kappa shape index (κ2) is 12.0. The number of rotatable bonds is 13. The van der Waals surface area contributed by atoms with Crippen LogP contribution in [0.1, 0.15) is 91.9 Å². The van der Waals surface area contributed by atoms with E-state index in [1.165, 1.54) is 6.42 Å². The van der Waals surface area contributed by atoms with Gasteiger partial charge in [-0.15, -0.1) is 6.58 Å². The van der Waals surface area contributed by atoms with Crippen LogP contribution < -0.4 is 10.6 Å². The Hall–Kier alpha value is -2.71. The molecule has 1 saturated heterocycles. The molecule has 0 unspecified atom stereocenters. The summed E-state index contributed by atoms with van der Waals surface area (Å²) >= 11 is 0. The van der Waals surface area contributed by atoms with Gasteiger partial charge in [-0.2, -0.15) is 0 Å². The molecule has 0 bridgehead atoms. The molecule has 4 aliphatic rings. The van der Waals surface area contributed by atoms with Crippen molar-refractivity contribution < 1.29 is 28.7 Å². The number of amides is 3. The number of ketones is 1. The summed E-state index contributed by atoms with van der Waals surface area (Å²) in [6.45, 7) is 12.3. The zero-order valence-corrected chi connectivity index (χ0v) is 24.6. The zero-order chi connectivity index (χ0) is 29.2. The van der Waals surface area contributed by atoms with Gasteiger partial charge >= 0.3 is 5.97 Å². The fourth-order valence-corrected chi connectivity index (χ4v) is 6.85. The zero-order valence-electron chi connectivity index (χ0n) is 24.6. The third-order valence-electron chi connectivity index (χ3n) is 9.95. The minimum Gasteiger partial charge on any atom is -0.459 e. The predicted octanol–water partition coefficient (Wildman–Crippen LogP) is 3.31. The number of allylic oxidation sites excluding steroid dienone is 1. The van der Waals surface area contributed by atoms with Crippen LogP contribution in [0, 0.1) is 29.1 Å². The SMILES string of the molecule is C=CCC[C@H](NC(=O)[C@@H]1[C@@H]2[C@H](CN1C(=O)[C@@H](C)C1CCCCC1)C2(C)C)C(=O)C(=O)NCCC(=O)OC1(C)CC1. The molecule has 0 radical (unpaired) electrons. The number of piperidine rings is 1. The van der Waals surface area contributed by atoms with Gasteiger partial charge in [-0.25, -0.2) is 0 Å². The van der Waals surface area contributed by atoms with Crippen molar-refractivity contribution >= 4 is 29.5 Å². The van der Waals surface area contributed by atoms with E-state index in [1.807, 2.05) is 13.8 Å². The van der Waals surface area contributed by atoms with Crippen molar-refractivity contribution in [3.8, 4) is 0 Å². The highest BCUT2D eigenvalue weighted by Gasteiger charge is 2.69. The maximum Gasteiger partial charge on any atom is 0.308 e. The maximum atomic E-state index is 13.8. The van der Waals surface area contributed by atoms with E-state index < -0.39 is 35.3 Å². The predicted molar refractivity (Wildman–Crippen MR) is 150 cm³/mol. The fraction of sp³-hybridized carbons (Fsp3) is 0.774. The van der Waals surface area contributed by atoms with Gasteiger partial charge in [0.25, 0.3) is 5.91 Å². The number of likely N-dealkylation sites (tertiary alicyclic amines) is 1. The average Bonchev–Trinajstić information content (AvgIpc) is 3.69. The van der Waals surface area contributed by atoms with Crippen LogP contribution in [0.5, 0.6) is 0 Å². The fourth-order valence-electron chi connectivity index (χ4n) is 6.85. The van der Waals surface area contributed by atoms with E-state index in [2.05, 4.69) is 31.1 Å². The summed E-state index contributed by atoms with van der Waals surface area (Å²) in [6.07, 6.45) is 9.48. The Morgan fingerprint density at radius 2 is 1.75 bits per heavy atom. The quantitative estimate of drug-likeness (QED) is 0.204. The van der Waals surface area contributed by atoms with Crippen LogP contribution in [0.15, 0.2) is 12.7 Å².